The molecule has 1 aliphatic rings. The molecule has 0 fully saturated rings. The van der Waals surface area contributed by atoms with Crippen molar-refractivity contribution in [2.45, 2.75) is 13.0 Å². The van der Waals surface area contributed by atoms with Gasteiger partial charge in [-0.3, -0.25) is 9.59 Å². The van der Waals surface area contributed by atoms with Gasteiger partial charge in [-0.2, -0.15) is 0 Å². The standard InChI is InChI=1S/C13H16N2O4/c1-8(14-6-13(17)18-2)9-3-4-11-10(5-9)15-12(16)7-19-11/h3-5,8,14H,6-7H2,1-2H3,(H,15,16). The molecule has 0 aliphatic carbocycles. The highest BCUT2D eigenvalue weighted by molar-refractivity contribution is 5.95. The van der Waals surface area contributed by atoms with Crippen molar-refractivity contribution in [2.75, 3.05) is 25.6 Å². The van der Waals surface area contributed by atoms with Gasteiger partial charge in [0.25, 0.3) is 5.91 Å². The first-order chi connectivity index (χ1) is 9.10. The largest absolute Gasteiger partial charge is 0.482 e. The lowest BCUT2D eigenvalue weighted by Gasteiger charge is -2.20. The number of carbonyl (C=O) groups excluding carboxylic acids is 2. The average Bonchev–Trinajstić information content (AvgIpc) is 2.43. The first kappa shape index (κ1) is 13.4. The van der Waals surface area contributed by atoms with Gasteiger partial charge in [0.15, 0.2) is 6.61 Å². The van der Waals surface area contributed by atoms with Gasteiger partial charge in [0.2, 0.25) is 0 Å². The molecule has 0 saturated heterocycles. The van der Waals surface area contributed by atoms with Crippen LogP contribution in [0.2, 0.25) is 0 Å². The first-order valence-electron chi connectivity index (χ1n) is 5.97. The molecule has 2 N–H and O–H groups in total. The summed E-state index contributed by atoms with van der Waals surface area (Å²) in [6.45, 7) is 2.11. The molecular formula is C13H16N2O4. The van der Waals surface area contributed by atoms with Gasteiger partial charge in [0, 0.05) is 6.04 Å². The van der Waals surface area contributed by atoms with Crippen LogP contribution in [-0.4, -0.2) is 32.1 Å². The maximum Gasteiger partial charge on any atom is 0.319 e. The van der Waals surface area contributed by atoms with Crippen molar-refractivity contribution < 1.29 is 19.1 Å². The second-order valence-corrected chi connectivity index (χ2v) is 4.27. The summed E-state index contributed by atoms with van der Waals surface area (Å²) in [5.41, 5.74) is 1.61. The van der Waals surface area contributed by atoms with Crippen LogP contribution >= 0.6 is 0 Å². The van der Waals surface area contributed by atoms with E-state index in [1.807, 2.05) is 19.1 Å². The minimum atomic E-state index is -0.318. The summed E-state index contributed by atoms with van der Waals surface area (Å²) >= 11 is 0. The number of carbonyl (C=O) groups is 2. The Balaban J connectivity index is 2.06. The molecule has 19 heavy (non-hydrogen) atoms. The highest BCUT2D eigenvalue weighted by atomic mass is 16.5. The number of hydrogen-bond acceptors (Lipinski definition) is 5. The van der Waals surface area contributed by atoms with E-state index in [9.17, 15) is 9.59 Å². The van der Waals surface area contributed by atoms with Crippen molar-refractivity contribution in [2.24, 2.45) is 0 Å². The van der Waals surface area contributed by atoms with Crippen molar-refractivity contribution in [3.8, 4) is 5.75 Å². The number of amides is 1. The number of esters is 1. The molecule has 1 aliphatic heterocycles. The molecule has 1 amide bonds. The number of ether oxygens (including phenoxy) is 2. The van der Waals surface area contributed by atoms with Crippen molar-refractivity contribution >= 4 is 17.6 Å². The second-order valence-electron chi connectivity index (χ2n) is 4.27. The van der Waals surface area contributed by atoms with Gasteiger partial charge in [-0.05, 0) is 24.6 Å². The third-order valence-corrected chi connectivity index (χ3v) is 2.92. The van der Waals surface area contributed by atoms with Crippen LogP contribution in [0.25, 0.3) is 0 Å². The van der Waals surface area contributed by atoms with Gasteiger partial charge in [-0.1, -0.05) is 6.07 Å². The summed E-state index contributed by atoms with van der Waals surface area (Å²) in [5.74, 6) is 0.171. The number of nitrogens with one attached hydrogen (secondary N) is 2. The Kier molecular flexibility index (Phi) is 4.01. The zero-order valence-corrected chi connectivity index (χ0v) is 10.9. The number of benzene rings is 1. The molecule has 6 nitrogen and oxygen atoms in total. The third-order valence-electron chi connectivity index (χ3n) is 2.92. The van der Waals surface area contributed by atoms with Gasteiger partial charge < -0.3 is 20.1 Å². The molecule has 0 aromatic heterocycles. The molecule has 0 bridgehead atoms. The lowest BCUT2D eigenvalue weighted by Crippen LogP contribution is -2.28. The topological polar surface area (TPSA) is 76.7 Å². The van der Waals surface area contributed by atoms with E-state index in [0.29, 0.717) is 11.4 Å². The second kappa shape index (κ2) is 5.71. The maximum absolute atomic E-state index is 11.2. The molecule has 0 radical (unpaired) electrons. The summed E-state index contributed by atoms with van der Waals surface area (Å²) < 4.78 is 9.84. The molecular weight excluding hydrogens is 248 g/mol. The molecule has 1 aromatic rings. The molecule has 6 heteroatoms. The Morgan fingerprint density at radius 2 is 2.37 bits per heavy atom. The molecule has 1 aromatic carbocycles. The normalized spacial score (nSPS) is 14.9. The van der Waals surface area contributed by atoms with E-state index in [0.717, 1.165) is 5.56 Å². The van der Waals surface area contributed by atoms with E-state index in [1.165, 1.54) is 7.11 Å². The van der Waals surface area contributed by atoms with Crippen LogP contribution in [0.4, 0.5) is 5.69 Å². The quantitative estimate of drug-likeness (QED) is 0.788. The van der Waals surface area contributed by atoms with Crippen molar-refractivity contribution in [1.82, 2.24) is 5.32 Å². The monoisotopic (exact) mass is 264 g/mol. The molecule has 1 unspecified atom stereocenters. The molecule has 0 spiro atoms. The predicted octanol–water partition coefficient (Wildman–Crippen LogP) is 0.841. The van der Waals surface area contributed by atoms with Crippen LogP contribution in [0, 0.1) is 0 Å². The Morgan fingerprint density at radius 1 is 1.58 bits per heavy atom. The number of fused-ring (bicyclic) bond motifs is 1. The van der Waals surface area contributed by atoms with E-state index in [4.69, 9.17) is 4.74 Å². The third kappa shape index (κ3) is 3.23. The Labute approximate surface area is 111 Å². The van der Waals surface area contributed by atoms with Gasteiger partial charge in [-0.15, -0.1) is 0 Å². The van der Waals surface area contributed by atoms with Gasteiger partial charge in [-0.25, -0.2) is 0 Å². The number of hydrogen-bond donors (Lipinski definition) is 2. The fourth-order valence-electron chi connectivity index (χ4n) is 1.80. The molecule has 1 heterocycles. The summed E-state index contributed by atoms with van der Waals surface area (Å²) in [6.07, 6.45) is 0. The summed E-state index contributed by atoms with van der Waals surface area (Å²) in [6, 6.07) is 5.50. The highest BCUT2D eigenvalue weighted by Gasteiger charge is 2.17. The van der Waals surface area contributed by atoms with Crippen LogP contribution in [0.15, 0.2) is 18.2 Å². The van der Waals surface area contributed by atoms with Crippen LogP contribution in [0.5, 0.6) is 5.75 Å². The van der Waals surface area contributed by atoms with Gasteiger partial charge in [0.05, 0.1) is 19.3 Å². The van der Waals surface area contributed by atoms with E-state index in [-0.39, 0.29) is 31.1 Å². The summed E-state index contributed by atoms with van der Waals surface area (Å²) in [7, 11) is 1.35. The zero-order chi connectivity index (χ0) is 13.8. The lowest BCUT2D eigenvalue weighted by atomic mass is 10.1. The molecule has 0 saturated carbocycles. The minimum Gasteiger partial charge on any atom is -0.482 e. The Bertz CT molecular complexity index is 501. The van der Waals surface area contributed by atoms with Crippen LogP contribution < -0.4 is 15.4 Å². The smallest absolute Gasteiger partial charge is 0.319 e. The van der Waals surface area contributed by atoms with Crippen LogP contribution in [0.1, 0.15) is 18.5 Å². The fourth-order valence-corrected chi connectivity index (χ4v) is 1.80. The van der Waals surface area contributed by atoms with Gasteiger partial charge in [0.1, 0.15) is 5.75 Å². The average molecular weight is 264 g/mol. The highest BCUT2D eigenvalue weighted by Crippen LogP contribution is 2.30. The minimum absolute atomic E-state index is 0.0387. The van der Waals surface area contributed by atoms with Gasteiger partial charge >= 0.3 is 5.97 Å². The van der Waals surface area contributed by atoms with Crippen molar-refractivity contribution in [3.63, 3.8) is 0 Å². The number of rotatable bonds is 4. The van der Waals surface area contributed by atoms with E-state index in [1.54, 1.807) is 6.07 Å². The lowest BCUT2D eigenvalue weighted by molar-refractivity contribution is -0.139. The Hall–Kier alpha value is -2.08. The predicted molar refractivity (Wildman–Crippen MR) is 69.0 cm³/mol. The number of methoxy groups -OCH3 is 1. The first-order valence-corrected chi connectivity index (χ1v) is 5.97. The molecule has 102 valence electrons. The number of anilines is 1. The summed E-state index contributed by atoms with van der Waals surface area (Å²) in [5, 5.41) is 5.79. The molecule has 1 atom stereocenters. The van der Waals surface area contributed by atoms with E-state index in [2.05, 4.69) is 15.4 Å². The van der Waals surface area contributed by atoms with E-state index >= 15 is 0 Å². The summed E-state index contributed by atoms with van der Waals surface area (Å²) in [4.78, 5) is 22.3. The fraction of sp³-hybridized carbons (Fsp3) is 0.385. The molecule has 2 rings (SSSR count). The SMILES string of the molecule is COC(=O)CNC(C)c1ccc2c(c1)NC(=O)CO2. The Morgan fingerprint density at radius 3 is 3.11 bits per heavy atom. The van der Waals surface area contributed by atoms with E-state index < -0.39 is 0 Å². The van der Waals surface area contributed by atoms with Crippen LogP contribution in [0.3, 0.4) is 0 Å². The zero-order valence-electron chi connectivity index (χ0n) is 10.9. The van der Waals surface area contributed by atoms with Crippen molar-refractivity contribution in [1.29, 1.82) is 0 Å². The van der Waals surface area contributed by atoms with Crippen LogP contribution in [-0.2, 0) is 14.3 Å². The van der Waals surface area contributed by atoms with Crippen molar-refractivity contribution in [3.05, 3.63) is 23.8 Å². The maximum atomic E-state index is 11.2.